The number of nitrogen functional groups attached to an aromatic ring is 1. The summed E-state index contributed by atoms with van der Waals surface area (Å²) < 4.78 is 17.2. The summed E-state index contributed by atoms with van der Waals surface area (Å²) >= 11 is 0. The van der Waals surface area contributed by atoms with E-state index >= 15 is 0 Å². The zero-order valence-electron chi connectivity index (χ0n) is 23.1. The molecular formula is C26H38N4O9. The number of hydrogen-bond donors (Lipinski definition) is 4. The highest BCUT2D eigenvalue weighted by Crippen LogP contribution is 2.27. The Bertz CT molecular complexity index is 1170. The first-order chi connectivity index (χ1) is 18.0. The Morgan fingerprint density at radius 3 is 2.44 bits per heavy atom. The Kier molecular flexibility index (Phi) is 10.6. The Balaban J connectivity index is 2.06. The van der Waals surface area contributed by atoms with Gasteiger partial charge < -0.3 is 35.5 Å². The van der Waals surface area contributed by atoms with Crippen LogP contribution in [-0.2, 0) is 28.6 Å². The summed E-state index contributed by atoms with van der Waals surface area (Å²) in [5.74, 6) is 3.43. The third kappa shape index (κ3) is 10.3. The van der Waals surface area contributed by atoms with Crippen molar-refractivity contribution in [1.29, 1.82) is 0 Å². The second-order valence-electron chi connectivity index (χ2n) is 11.1. The van der Waals surface area contributed by atoms with Crippen molar-refractivity contribution in [2.45, 2.75) is 103 Å². The Hall–Kier alpha value is -3.47. The topological polar surface area (TPSA) is 192 Å². The standard InChI is InChI=1S/C26H38N4O9/c1-25(2,3)38-21(34)11-16(23(35)39-26(4,5)6)28-19(33)10-8-7-9-15-13-30(24(36)29-22(15)27)20-12-17(32)18(14-31)37-20/h13,16-18,20,31-32H,8,10-12,14H2,1-6H3,(H,28,33)(H2,27,29,36)/t16?,17-,18?,20?/m1/s1. The Labute approximate surface area is 227 Å². The van der Waals surface area contributed by atoms with Crippen LogP contribution in [0.5, 0.6) is 0 Å². The van der Waals surface area contributed by atoms with Gasteiger partial charge >= 0.3 is 17.6 Å². The fraction of sp³-hybridized carbons (Fsp3) is 0.654. The molecule has 0 spiro atoms. The minimum absolute atomic E-state index is 0.0586. The molecule has 3 unspecified atom stereocenters. The molecule has 13 heteroatoms. The molecule has 39 heavy (non-hydrogen) atoms. The fourth-order valence-corrected chi connectivity index (χ4v) is 3.55. The highest BCUT2D eigenvalue weighted by atomic mass is 16.6. The fourth-order valence-electron chi connectivity index (χ4n) is 3.55. The van der Waals surface area contributed by atoms with Gasteiger partial charge in [-0.25, -0.2) is 9.59 Å². The predicted octanol–water partition coefficient (Wildman–Crippen LogP) is 0.156. The first-order valence-corrected chi connectivity index (χ1v) is 12.5. The molecule has 1 amide bonds. The van der Waals surface area contributed by atoms with Gasteiger partial charge in [-0.05, 0) is 41.5 Å². The largest absolute Gasteiger partial charge is 0.460 e. The molecule has 5 N–H and O–H groups in total. The van der Waals surface area contributed by atoms with E-state index in [1.54, 1.807) is 41.5 Å². The molecule has 0 bridgehead atoms. The van der Waals surface area contributed by atoms with Gasteiger partial charge in [0.25, 0.3) is 0 Å². The van der Waals surface area contributed by atoms with Crippen LogP contribution in [0, 0.1) is 11.8 Å². The average molecular weight is 551 g/mol. The van der Waals surface area contributed by atoms with E-state index in [1.165, 1.54) is 6.20 Å². The minimum atomic E-state index is -1.24. The summed E-state index contributed by atoms with van der Waals surface area (Å²) in [7, 11) is 0. The van der Waals surface area contributed by atoms with Gasteiger partial charge in [-0.15, -0.1) is 0 Å². The quantitative estimate of drug-likeness (QED) is 0.254. The minimum Gasteiger partial charge on any atom is -0.460 e. The molecule has 0 aromatic carbocycles. The van der Waals surface area contributed by atoms with Crippen LogP contribution in [0.4, 0.5) is 5.82 Å². The summed E-state index contributed by atoms with van der Waals surface area (Å²) in [5, 5.41) is 21.7. The van der Waals surface area contributed by atoms with Crippen LogP contribution >= 0.6 is 0 Å². The predicted molar refractivity (Wildman–Crippen MR) is 139 cm³/mol. The van der Waals surface area contributed by atoms with Crippen molar-refractivity contribution < 1.29 is 38.8 Å². The number of rotatable bonds is 8. The third-order valence-corrected chi connectivity index (χ3v) is 5.19. The lowest BCUT2D eigenvalue weighted by atomic mass is 10.1. The monoisotopic (exact) mass is 550 g/mol. The molecule has 0 radical (unpaired) electrons. The van der Waals surface area contributed by atoms with Gasteiger partial charge in [0.15, 0.2) is 0 Å². The van der Waals surface area contributed by atoms with Gasteiger partial charge in [0.2, 0.25) is 5.91 Å². The van der Waals surface area contributed by atoms with E-state index in [0.29, 0.717) is 0 Å². The number of aliphatic hydroxyl groups is 2. The van der Waals surface area contributed by atoms with Crippen molar-refractivity contribution in [3.63, 3.8) is 0 Å². The lowest BCUT2D eigenvalue weighted by Gasteiger charge is -2.25. The average Bonchev–Trinajstić information content (AvgIpc) is 3.15. The number of esters is 2. The normalized spacial score (nSPS) is 19.9. The number of ether oxygens (including phenoxy) is 3. The lowest BCUT2D eigenvalue weighted by Crippen LogP contribution is -2.46. The molecular weight excluding hydrogens is 512 g/mol. The molecule has 13 nitrogen and oxygen atoms in total. The molecule has 216 valence electrons. The highest BCUT2D eigenvalue weighted by molar-refractivity contribution is 5.88. The van der Waals surface area contributed by atoms with Crippen LogP contribution in [-0.4, -0.2) is 73.7 Å². The van der Waals surface area contributed by atoms with E-state index in [-0.39, 0.29) is 30.6 Å². The van der Waals surface area contributed by atoms with Crippen LogP contribution < -0.4 is 16.7 Å². The zero-order chi connectivity index (χ0) is 29.5. The Morgan fingerprint density at radius 1 is 1.23 bits per heavy atom. The van der Waals surface area contributed by atoms with Crippen molar-refractivity contribution in [2.75, 3.05) is 12.3 Å². The number of amides is 1. The van der Waals surface area contributed by atoms with E-state index in [0.717, 1.165) is 4.57 Å². The van der Waals surface area contributed by atoms with E-state index < -0.39 is 72.2 Å². The molecule has 0 aliphatic carbocycles. The van der Waals surface area contributed by atoms with Crippen molar-refractivity contribution in [1.82, 2.24) is 14.9 Å². The van der Waals surface area contributed by atoms with Crippen molar-refractivity contribution in [3.05, 3.63) is 22.2 Å². The molecule has 1 aliphatic heterocycles. The number of hydrogen-bond acceptors (Lipinski definition) is 11. The number of nitrogens with two attached hydrogens (primary N) is 1. The van der Waals surface area contributed by atoms with E-state index in [2.05, 4.69) is 22.1 Å². The van der Waals surface area contributed by atoms with Crippen LogP contribution in [0.3, 0.4) is 0 Å². The van der Waals surface area contributed by atoms with Gasteiger partial charge in [-0.3, -0.25) is 14.2 Å². The maximum Gasteiger partial charge on any atom is 0.351 e. The smallest absolute Gasteiger partial charge is 0.351 e. The van der Waals surface area contributed by atoms with Gasteiger partial charge in [0, 0.05) is 25.5 Å². The number of carbonyl (C=O) groups excluding carboxylic acids is 3. The number of nitrogens with one attached hydrogen (secondary N) is 1. The van der Waals surface area contributed by atoms with Crippen molar-refractivity contribution in [3.8, 4) is 11.8 Å². The maximum atomic E-state index is 12.6. The highest BCUT2D eigenvalue weighted by Gasteiger charge is 2.35. The van der Waals surface area contributed by atoms with Gasteiger partial charge in [-0.1, -0.05) is 11.8 Å². The SMILES string of the molecule is CC(C)(C)OC(=O)CC(NC(=O)CCC#Cc1cn(C2C[C@@H](O)C(CO)O2)c(=O)nc1N)C(=O)OC(C)(C)C. The second kappa shape index (κ2) is 13.1. The Morgan fingerprint density at radius 2 is 1.87 bits per heavy atom. The zero-order valence-corrected chi connectivity index (χ0v) is 23.1. The van der Waals surface area contributed by atoms with Crippen molar-refractivity contribution >= 4 is 23.7 Å². The van der Waals surface area contributed by atoms with E-state index in [1.807, 2.05) is 0 Å². The van der Waals surface area contributed by atoms with E-state index in [9.17, 15) is 29.4 Å². The summed E-state index contributed by atoms with van der Waals surface area (Å²) in [6.45, 7) is 9.67. The number of aromatic nitrogens is 2. The molecule has 4 atom stereocenters. The third-order valence-electron chi connectivity index (χ3n) is 5.19. The van der Waals surface area contributed by atoms with Crippen molar-refractivity contribution in [2.24, 2.45) is 0 Å². The van der Waals surface area contributed by atoms with Crippen LogP contribution in [0.2, 0.25) is 0 Å². The summed E-state index contributed by atoms with van der Waals surface area (Å²) in [5.41, 5.74) is 3.73. The van der Waals surface area contributed by atoms with Gasteiger partial charge in [0.05, 0.1) is 24.7 Å². The van der Waals surface area contributed by atoms with Gasteiger partial charge in [-0.2, -0.15) is 4.98 Å². The molecule has 2 heterocycles. The number of anilines is 1. The lowest BCUT2D eigenvalue weighted by molar-refractivity contribution is -0.165. The molecule has 0 saturated carbocycles. The first kappa shape index (κ1) is 31.7. The molecule has 1 saturated heterocycles. The van der Waals surface area contributed by atoms with Crippen LogP contribution in [0.25, 0.3) is 0 Å². The molecule has 1 aromatic heterocycles. The molecule has 2 rings (SSSR count). The molecule has 1 aliphatic rings. The summed E-state index contributed by atoms with van der Waals surface area (Å²) in [4.78, 5) is 53.5. The number of carbonyl (C=O) groups is 3. The number of nitrogens with zero attached hydrogens (tertiary/aromatic N) is 2. The van der Waals surface area contributed by atoms with E-state index in [4.69, 9.17) is 19.9 Å². The summed E-state index contributed by atoms with van der Waals surface area (Å²) in [6, 6.07) is -1.24. The number of aliphatic hydroxyl groups excluding tert-OH is 2. The maximum absolute atomic E-state index is 12.6. The van der Waals surface area contributed by atoms with Crippen LogP contribution in [0.15, 0.2) is 11.0 Å². The second-order valence-corrected chi connectivity index (χ2v) is 11.1. The first-order valence-electron chi connectivity index (χ1n) is 12.5. The molecule has 1 aromatic rings. The molecule has 1 fully saturated rings. The summed E-state index contributed by atoms with van der Waals surface area (Å²) in [6.07, 6.45) is -1.65. The van der Waals surface area contributed by atoms with Gasteiger partial charge in [0.1, 0.15) is 35.4 Å². The van der Waals surface area contributed by atoms with Crippen LogP contribution in [0.1, 0.15) is 79.0 Å².